The van der Waals surface area contributed by atoms with E-state index >= 15 is 0 Å². The van der Waals surface area contributed by atoms with Gasteiger partial charge in [-0.05, 0) is 0 Å². The summed E-state index contributed by atoms with van der Waals surface area (Å²) in [4.78, 5) is 0. The molecule has 80 valence electrons. The smallest absolute Gasteiger partial charge is 0.231 e. The third kappa shape index (κ3) is 3.22. The van der Waals surface area contributed by atoms with Crippen LogP contribution in [0.1, 0.15) is 25.8 Å². The second-order valence-electron chi connectivity index (χ2n) is 4.04. The number of hydrogen-bond donors (Lipinski definition) is 1. The van der Waals surface area contributed by atoms with Crippen LogP contribution in [0.4, 0.5) is 5.13 Å². The molecule has 1 rings (SSSR count). The van der Waals surface area contributed by atoms with Crippen LogP contribution in [-0.2, 0) is 15.4 Å². The van der Waals surface area contributed by atoms with Crippen molar-refractivity contribution < 1.29 is 8.42 Å². The lowest BCUT2D eigenvalue weighted by atomic mass is 9.98. The van der Waals surface area contributed by atoms with E-state index in [1.54, 1.807) is 0 Å². The minimum Gasteiger partial charge on any atom is -0.257 e. The molecule has 0 amide bonds. The number of nitrogens with zero attached hydrogens (tertiary/aromatic N) is 2. The SMILES string of the molecule is CC(C)(C)c1nnc(NS(C)(=O)=O)s1. The molecule has 1 heterocycles. The zero-order chi connectivity index (χ0) is 11.0. The van der Waals surface area contributed by atoms with E-state index in [9.17, 15) is 8.42 Å². The van der Waals surface area contributed by atoms with Gasteiger partial charge in [-0.25, -0.2) is 8.42 Å². The van der Waals surface area contributed by atoms with Gasteiger partial charge in [-0.2, -0.15) is 0 Å². The van der Waals surface area contributed by atoms with Gasteiger partial charge in [0.05, 0.1) is 6.26 Å². The van der Waals surface area contributed by atoms with Gasteiger partial charge in [0, 0.05) is 5.41 Å². The average Bonchev–Trinajstić information content (AvgIpc) is 2.29. The number of anilines is 1. The van der Waals surface area contributed by atoms with Crippen molar-refractivity contribution >= 4 is 26.5 Å². The fraction of sp³-hybridized carbons (Fsp3) is 0.714. The lowest BCUT2D eigenvalue weighted by molar-refractivity contribution is 0.578. The van der Waals surface area contributed by atoms with Gasteiger partial charge in [0.2, 0.25) is 15.2 Å². The maximum atomic E-state index is 10.9. The van der Waals surface area contributed by atoms with Crippen molar-refractivity contribution in [1.29, 1.82) is 0 Å². The third-order valence-corrected chi connectivity index (χ3v) is 3.30. The fourth-order valence-corrected chi connectivity index (χ4v) is 2.36. The first-order valence-electron chi connectivity index (χ1n) is 4.00. The molecule has 5 nitrogen and oxygen atoms in total. The topological polar surface area (TPSA) is 72.0 Å². The van der Waals surface area contributed by atoms with Crippen LogP contribution in [0.2, 0.25) is 0 Å². The first kappa shape index (κ1) is 11.4. The molecule has 0 bridgehead atoms. The Morgan fingerprint density at radius 2 is 1.86 bits per heavy atom. The molecule has 0 saturated heterocycles. The molecule has 0 aliphatic carbocycles. The summed E-state index contributed by atoms with van der Waals surface area (Å²) < 4.78 is 24.1. The highest BCUT2D eigenvalue weighted by atomic mass is 32.2. The minimum atomic E-state index is -3.25. The van der Waals surface area contributed by atoms with Gasteiger partial charge < -0.3 is 0 Å². The molecule has 1 aromatic rings. The Morgan fingerprint density at radius 1 is 1.29 bits per heavy atom. The van der Waals surface area contributed by atoms with Gasteiger partial charge in [0.25, 0.3) is 0 Å². The summed E-state index contributed by atoms with van der Waals surface area (Å²) in [6.07, 6.45) is 1.09. The van der Waals surface area contributed by atoms with E-state index in [-0.39, 0.29) is 5.41 Å². The Bertz CT molecular complexity index is 416. The van der Waals surface area contributed by atoms with Gasteiger partial charge in [-0.3, -0.25) is 4.72 Å². The van der Waals surface area contributed by atoms with Crippen molar-refractivity contribution in [3.63, 3.8) is 0 Å². The van der Waals surface area contributed by atoms with Crippen LogP contribution in [0.5, 0.6) is 0 Å². The molecule has 0 unspecified atom stereocenters. The molecule has 0 saturated carbocycles. The van der Waals surface area contributed by atoms with Gasteiger partial charge in [-0.1, -0.05) is 32.1 Å². The van der Waals surface area contributed by atoms with E-state index in [4.69, 9.17) is 0 Å². The summed E-state index contributed by atoms with van der Waals surface area (Å²) in [6.45, 7) is 5.99. The maximum absolute atomic E-state index is 10.9. The quantitative estimate of drug-likeness (QED) is 0.836. The summed E-state index contributed by atoms with van der Waals surface area (Å²) in [5.41, 5.74) is -0.102. The Kier molecular flexibility index (Phi) is 2.82. The molecule has 0 atom stereocenters. The first-order chi connectivity index (χ1) is 6.18. The number of rotatable bonds is 2. The number of sulfonamides is 1. The van der Waals surface area contributed by atoms with E-state index in [2.05, 4.69) is 14.9 Å². The number of aromatic nitrogens is 2. The summed E-state index contributed by atoms with van der Waals surface area (Å²) in [6, 6.07) is 0. The van der Waals surface area contributed by atoms with Gasteiger partial charge in [0.15, 0.2) is 0 Å². The summed E-state index contributed by atoms with van der Waals surface area (Å²) in [5, 5.41) is 8.79. The van der Waals surface area contributed by atoms with Crippen molar-refractivity contribution in [3.8, 4) is 0 Å². The van der Waals surface area contributed by atoms with Crippen molar-refractivity contribution in [2.75, 3.05) is 11.0 Å². The van der Waals surface area contributed by atoms with E-state index in [0.29, 0.717) is 5.13 Å². The Balaban J connectivity index is 2.90. The van der Waals surface area contributed by atoms with Gasteiger partial charge >= 0.3 is 0 Å². The summed E-state index contributed by atoms with van der Waals surface area (Å²) >= 11 is 1.25. The molecule has 0 aliphatic rings. The van der Waals surface area contributed by atoms with Crippen molar-refractivity contribution in [1.82, 2.24) is 10.2 Å². The lowest BCUT2D eigenvalue weighted by Crippen LogP contribution is -2.10. The summed E-state index contributed by atoms with van der Waals surface area (Å²) in [5.74, 6) is 0. The molecule has 1 N–H and O–H groups in total. The standard InChI is InChI=1S/C7H13N3O2S2/c1-7(2,3)5-8-9-6(13-5)10-14(4,11)12/h1-4H3,(H,9,10). The third-order valence-electron chi connectivity index (χ3n) is 1.34. The average molecular weight is 235 g/mol. The summed E-state index contributed by atoms with van der Waals surface area (Å²) in [7, 11) is -3.25. The zero-order valence-electron chi connectivity index (χ0n) is 8.53. The molecule has 14 heavy (non-hydrogen) atoms. The van der Waals surface area contributed by atoms with E-state index in [1.165, 1.54) is 11.3 Å². The Hall–Kier alpha value is -0.690. The molecule has 0 aromatic carbocycles. The second-order valence-corrected chi connectivity index (χ2v) is 6.76. The molecule has 7 heteroatoms. The molecule has 0 spiro atoms. The zero-order valence-corrected chi connectivity index (χ0v) is 10.2. The lowest BCUT2D eigenvalue weighted by Gasteiger charge is -2.12. The van der Waals surface area contributed by atoms with Crippen molar-refractivity contribution in [2.24, 2.45) is 0 Å². The van der Waals surface area contributed by atoms with Crippen LogP contribution < -0.4 is 4.72 Å². The predicted molar refractivity (Wildman–Crippen MR) is 57.1 cm³/mol. The molecule has 0 fully saturated rings. The maximum Gasteiger partial charge on any atom is 0.231 e. The van der Waals surface area contributed by atoms with Crippen molar-refractivity contribution in [2.45, 2.75) is 26.2 Å². The number of nitrogens with one attached hydrogen (secondary N) is 1. The Morgan fingerprint density at radius 3 is 2.21 bits per heavy atom. The highest BCUT2D eigenvalue weighted by Crippen LogP contribution is 2.27. The number of hydrogen-bond acceptors (Lipinski definition) is 5. The predicted octanol–water partition coefficient (Wildman–Crippen LogP) is 1.21. The normalized spacial score (nSPS) is 12.9. The Labute approximate surface area is 87.6 Å². The van der Waals surface area contributed by atoms with Crippen LogP contribution in [0.25, 0.3) is 0 Å². The molecular weight excluding hydrogens is 222 g/mol. The van der Waals surface area contributed by atoms with Crippen LogP contribution in [-0.4, -0.2) is 24.9 Å². The highest BCUT2D eigenvalue weighted by molar-refractivity contribution is 7.92. The van der Waals surface area contributed by atoms with E-state index in [1.807, 2.05) is 20.8 Å². The van der Waals surface area contributed by atoms with Crippen LogP contribution in [0.15, 0.2) is 0 Å². The first-order valence-corrected chi connectivity index (χ1v) is 6.71. The van der Waals surface area contributed by atoms with Gasteiger partial charge in [-0.15, -0.1) is 10.2 Å². The van der Waals surface area contributed by atoms with E-state index < -0.39 is 10.0 Å². The van der Waals surface area contributed by atoms with Crippen molar-refractivity contribution in [3.05, 3.63) is 5.01 Å². The van der Waals surface area contributed by atoms with E-state index in [0.717, 1.165) is 11.3 Å². The van der Waals surface area contributed by atoms with Crippen LogP contribution >= 0.6 is 11.3 Å². The molecule has 0 aliphatic heterocycles. The highest BCUT2D eigenvalue weighted by Gasteiger charge is 2.20. The monoisotopic (exact) mass is 235 g/mol. The molecule has 0 radical (unpaired) electrons. The second kappa shape index (κ2) is 3.47. The van der Waals surface area contributed by atoms with Gasteiger partial charge in [0.1, 0.15) is 5.01 Å². The molecular formula is C7H13N3O2S2. The van der Waals surface area contributed by atoms with Crippen LogP contribution in [0.3, 0.4) is 0 Å². The fourth-order valence-electron chi connectivity index (χ4n) is 0.726. The largest absolute Gasteiger partial charge is 0.257 e. The van der Waals surface area contributed by atoms with Crippen LogP contribution in [0, 0.1) is 0 Å². The molecule has 1 aromatic heterocycles. The minimum absolute atomic E-state index is 0.102.